The van der Waals surface area contributed by atoms with Crippen molar-refractivity contribution in [1.82, 2.24) is 15.5 Å². The fourth-order valence-corrected chi connectivity index (χ4v) is 2.40. The maximum Gasteiger partial charge on any atom is 0.257 e. The fourth-order valence-electron chi connectivity index (χ4n) is 1.75. The number of nitrogens with zero attached hydrogens (tertiary/aromatic N) is 2. The van der Waals surface area contributed by atoms with Crippen LogP contribution in [0.5, 0.6) is 0 Å². The van der Waals surface area contributed by atoms with E-state index in [1.807, 2.05) is 24.4 Å². The Labute approximate surface area is 113 Å². The highest BCUT2D eigenvalue weighted by Gasteiger charge is 2.11. The second-order valence-corrected chi connectivity index (χ2v) is 5.14. The number of thiophene rings is 1. The summed E-state index contributed by atoms with van der Waals surface area (Å²) >= 11 is 1.61. The van der Waals surface area contributed by atoms with Gasteiger partial charge in [-0.15, -0.1) is 11.3 Å². The van der Waals surface area contributed by atoms with Crippen LogP contribution < -0.4 is 5.32 Å². The number of pyridine rings is 1. The van der Waals surface area contributed by atoms with Crippen LogP contribution in [0.1, 0.15) is 20.9 Å². The fraction of sp³-hybridized carbons (Fsp3) is 0.154. The van der Waals surface area contributed by atoms with Crippen molar-refractivity contribution in [3.8, 4) is 0 Å². The first-order valence-corrected chi connectivity index (χ1v) is 6.64. The van der Waals surface area contributed by atoms with Crippen LogP contribution in [-0.2, 0) is 6.54 Å². The number of carbonyl (C=O) groups is 1. The number of aryl methyl sites for hydroxylation is 1. The van der Waals surface area contributed by atoms with Gasteiger partial charge in [-0.2, -0.15) is 0 Å². The average molecular weight is 273 g/mol. The summed E-state index contributed by atoms with van der Waals surface area (Å²) in [5, 5.41) is 9.42. The predicted octanol–water partition coefficient (Wildman–Crippen LogP) is 2.52. The maximum atomic E-state index is 12.0. The lowest BCUT2D eigenvalue weighted by Crippen LogP contribution is -2.22. The van der Waals surface area contributed by atoms with E-state index < -0.39 is 0 Å². The van der Waals surface area contributed by atoms with Gasteiger partial charge in [-0.25, -0.2) is 4.98 Å². The summed E-state index contributed by atoms with van der Waals surface area (Å²) in [6.45, 7) is 2.35. The zero-order chi connectivity index (χ0) is 13.2. The van der Waals surface area contributed by atoms with Crippen molar-refractivity contribution in [3.63, 3.8) is 0 Å². The van der Waals surface area contributed by atoms with Crippen molar-refractivity contribution in [2.24, 2.45) is 0 Å². The van der Waals surface area contributed by atoms with Crippen LogP contribution in [0.4, 0.5) is 0 Å². The Bertz CT molecular complexity index is 719. The third-order valence-electron chi connectivity index (χ3n) is 2.78. The average Bonchev–Trinajstić information content (AvgIpc) is 3.06. The highest BCUT2D eigenvalue weighted by molar-refractivity contribution is 7.09. The van der Waals surface area contributed by atoms with Gasteiger partial charge in [-0.1, -0.05) is 11.2 Å². The van der Waals surface area contributed by atoms with E-state index in [1.165, 1.54) is 6.20 Å². The quantitative estimate of drug-likeness (QED) is 0.796. The van der Waals surface area contributed by atoms with E-state index in [9.17, 15) is 4.79 Å². The van der Waals surface area contributed by atoms with Gasteiger partial charge >= 0.3 is 0 Å². The van der Waals surface area contributed by atoms with Crippen LogP contribution in [0.2, 0.25) is 0 Å². The standard InChI is InChI=1S/C13H11N3O2S/c1-8-11-5-9(6-15-13(11)18-16-8)12(17)14-7-10-3-2-4-19-10/h2-6H,7H2,1H3,(H,14,17). The van der Waals surface area contributed by atoms with Crippen molar-refractivity contribution >= 4 is 28.3 Å². The van der Waals surface area contributed by atoms with Crippen molar-refractivity contribution in [1.29, 1.82) is 0 Å². The molecule has 0 radical (unpaired) electrons. The molecular weight excluding hydrogens is 262 g/mol. The molecule has 0 atom stereocenters. The van der Waals surface area contributed by atoms with Crippen molar-refractivity contribution in [2.75, 3.05) is 0 Å². The molecule has 3 rings (SSSR count). The molecule has 0 aliphatic rings. The van der Waals surface area contributed by atoms with Gasteiger partial charge in [0.15, 0.2) is 0 Å². The Morgan fingerprint density at radius 1 is 1.53 bits per heavy atom. The number of fused-ring (bicyclic) bond motifs is 1. The molecule has 6 heteroatoms. The Balaban J connectivity index is 1.79. The summed E-state index contributed by atoms with van der Waals surface area (Å²) in [7, 11) is 0. The van der Waals surface area contributed by atoms with Crippen LogP contribution in [0.3, 0.4) is 0 Å². The lowest BCUT2D eigenvalue weighted by molar-refractivity contribution is 0.0951. The number of hydrogen-bond acceptors (Lipinski definition) is 5. The summed E-state index contributed by atoms with van der Waals surface area (Å²) < 4.78 is 5.01. The van der Waals surface area contributed by atoms with Crippen LogP contribution in [0.25, 0.3) is 11.1 Å². The third-order valence-corrected chi connectivity index (χ3v) is 3.65. The topological polar surface area (TPSA) is 68.0 Å². The normalized spacial score (nSPS) is 10.8. The molecule has 0 bridgehead atoms. The molecule has 5 nitrogen and oxygen atoms in total. The van der Waals surface area contributed by atoms with E-state index in [-0.39, 0.29) is 5.91 Å². The molecule has 0 saturated carbocycles. The molecule has 3 aromatic heterocycles. The monoisotopic (exact) mass is 273 g/mol. The molecule has 0 saturated heterocycles. The van der Waals surface area contributed by atoms with Gasteiger partial charge < -0.3 is 9.84 Å². The van der Waals surface area contributed by atoms with Gasteiger partial charge in [0.2, 0.25) is 0 Å². The molecule has 0 aromatic carbocycles. The molecule has 0 aliphatic heterocycles. The van der Waals surface area contributed by atoms with Gasteiger partial charge in [0.1, 0.15) is 0 Å². The molecule has 0 fully saturated rings. The first-order chi connectivity index (χ1) is 9.24. The van der Waals surface area contributed by atoms with Crippen molar-refractivity contribution in [3.05, 3.63) is 45.9 Å². The lowest BCUT2D eigenvalue weighted by atomic mass is 10.2. The number of carbonyl (C=O) groups excluding carboxylic acids is 1. The highest BCUT2D eigenvalue weighted by atomic mass is 32.1. The number of nitrogens with one attached hydrogen (secondary N) is 1. The molecular formula is C13H11N3O2S. The van der Waals surface area contributed by atoms with E-state index in [2.05, 4.69) is 15.5 Å². The van der Waals surface area contributed by atoms with Gasteiger partial charge in [-0.05, 0) is 24.4 Å². The van der Waals surface area contributed by atoms with Crippen LogP contribution in [-0.4, -0.2) is 16.0 Å². The van der Waals surface area contributed by atoms with Gasteiger partial charge in [0.05, 0.1) is 23.2 Å². The van der Waals surface area contributed by atoms with Gasteiger partial charge in [-0.3, -0.25) is 4.79 Å². The molecule has 1 amide bonds. The third kappa shape index (κ3) is 2.34. The van der Waals surface area contributed by atoms with E-state index >= 15 is 0 Å². The summed E-state index contributed by atoms with van der Waals surface area (Å²) in [5.41, 5.74) is 1.69. The van der Waals surface area contributed by atoms with Crippen molar-refractivity contribution < 1.29 is 9.32 Å². The van der Waals surface area contributed by atoms with Crippen LogP contribution >= 0.6 is 11.3 Å². The van der Waals surface area contributed by atoms with E-state index in [1.54, 1.807) is 17.4 Å². The number of rotatable bonds is 3. The maximum absolute atomic E-state index is 12.0. The van der Waals surface area contributed by atoms with E-state index in [0.717, 1.165) is 16.0 Å². The first-order valence-electron chi connectivity index (χ1n) is 5.76. The molecule has 3 heterocycles. The van der Waals surface area contributed by atoms with Crippen LogP contribution in [0.15, 0.2) is 34.3 Å². The lowest BCUT2D eigenvalue weighted by Gasteiger charge is -2.03. The number of aromatic nitrogens is 2. The molecule has 0 aliphatic carbocycles. The second kappa shape index (κ2) is 4.81. The molecule has 0 spiro atoms. The van der Waals surface area contributed by atoms with Crippen molar-refractivity contribution in [2.45, 2.75) is 13.5 Å². The number of amides is 1. The minimum Gasteiger partial charge on any atom is -0.347 e. The smallest absolute Gasteiger partial charge is 0.257 e. The molecule has 1 N–H and O–H groups in total. The number of hydrogen-bond donors (Lipinski definition) is 1. The Hall–Kier alpha value is -2.21. The second-order valence-electron chi connectivity index (χ2n) is 4.11. The Morgan fingerprint density at radius 3 is 3.21 bits per heavy atom. The zero-order valence-electron chi connectivity index (χ0n) is 10.2. The van der Waals surface area contributed by atoms with Crippen LogP contribution in [0, 0.1) is 6.92 Å². The SMILES string of the molecule is Cc1noc2ncc(C(=O)NCc3cccs3)cc12. The first kappa shape index (κ1) is 11.9. The molecule has 3 aromatic rings. The summed E-state index contributed by atoms with van der Waals surface area (Å²) in [4.78, 5) is 17.2. The minimum absolute atomic E-state index is 0.150. The Kier molecular flexibility index (Phi) is 3.00. The molecule has 19 heavy (non-hydrogen) atoms. The highest BCUT2D eigenvalue weighted by Crippen LogP contribution is 2.16. The van der Waals surface area contributed by atoms with Gasteiger partial charge in [0, 0.05) is 11.1 Å². The summed E-state index contributed by atoms with van der Waals surface area (Å²) in [6, 6.07) is 5.69. The predicted molar refractivity (Wildman–Crippen MR) is 72.0 cm³/mol. The molecule has 96 valence electrons. The van der Waals surface area contributed by atoms with Gasteiger partial charge in [0.25, 0.3) is 11.6 Å². The minimum atomic E-state index is -0.150. The zero-order valence-corrected chi connectivity index (χ0v) is 11.0. The Morgan fingerprint density at radius 2 is 2.42 bits per heavy atom. The van der Waals surface area contributed by atoms with E-state index in [4.69, 9.17) is 4.52 Å². The van der Waals surface area contributed by atoms with E-state index in [0.29, 0.717) is 17.8 Å². The largest absolute Gasteiger partial charge is 0.347 e. The summed E-state index contributed by atoms with van der Waals surface area (Å²) in [5.74, 6) is -0.150. The molecule has 0 unspecified atom stereocenters. The summed E-state index contributed by atoms with van der Waals surface area (Å²) in [6.07, 6.45) is 1.50.